The summed E-state index contributed by atoms with van der Waals surface area (Å²) in [5.41, 5.74) is 8.74. The zero-order valence-electron chi connectivity index (χ0n) is 15.0. The molecule has 5 aromatic rings. The number of rotatable bonds is 4. The lowest BCUT2D eigenvalue weighted by Gasteiger charge is -2.07. The van der Waals surface area contributed by atoms with Crippen molar-refractivity contribution in [3.05, 3.63) is 84.7 Å². The lowest BCUT2D eigenvalue weighted by Crippen LogP contribution is -2.02. The van der Waals surface area contributed by atoms with E-state index in [4.69, 9.17) is 10.7 Å². The van der Waals surface area contributed by atoms with Gasteiger partial charge in [-0.1, -0.05) is 60.7 Å². The third-order valence-electron chi connectivity index (χ3n) is 4.60. The summed E-state index contributed by atoms with van der Waals surface area (Å²) in [5, 5.41) is 3.02. The van der Waals surface area contributed by atoms with Crippen molar-refractivity contribution >= 4 is 39.5 Å². The fourth-order valence-corrected chi connectivity index (χ4v) is 4.03. The van der Waals surface area contributed by atoms with Gasteiger partial charge in [0.1, 0.15) is 5.52 Å². The number of nitrogens with two attached hydrogens (primary N) is 1. The van der Waals surface area contributed by atoms with Crippen molar-refractivity contribution in [1.82, 2.24) is 19.5 Å². The Morgan fingerprint density at radius 2 is 1.64 bits per heavy atom. The summed E-state index contributed by atoms with van der Waals surface area (Å²) < 4.78 is 2.01. The van der Waals surface area contributed by atoms with Crippen LogP contribution < -0.4 is 5.73 Å². The van der Waals surface area contributed by atoms with Crippen LogP contribution in [0.25, 0.3) is 21.9 Å². The Kier molecular flexibility index (Phi) is 4.18. The molecule has 0 unspecified atom stereocenters. The molecule has 0 radical (unpaired) electrons. The minimum Gasteiger partial charge on any atom is -0.382 e. The van der Waals surface area contributed by atoms with Crippen LogP contribution in [-0.2, 0) is 6.54 Å². The van der Waals surface area contributed by atoms with Crippen LogP contribution in [-0.4, -0.2) is 19.5 Å². The molecule has 5 rings (SSSR count). The molecule has 2 aromatic heterocycles. The van der Waals surface area contributed by atoms with Crippen LogP contribution >= 0.6 is 11.8 Å². The van der Waals surface area contributed by atoms with E-state index in [1.165, 1.54) is 28.1 Å². The molecule has 3 aromatic carbocycles. The van der Waals surface area contributed by atoms with Crippen LogP contribution in [0.4, 0.5) is 5.82 Å². The molecular weight excluding hydrogens is 366 g/mol. The van der Waals surface area contributed by atoms with E-state index in [9.17, 15) is 0 Å². The van der Waals surface area contributed by atoms with Crippen molar-refractivity contribution in [2.45, 2.75) is 16.6 Å². The molecule has 0 spiro atoms. The minimum absolute atomic E-state index is 0.403. The van der Waals surface area contributed by atoms with Crippen LogP contribution in [0.15, 0.2) is 89.2 Å². The van der Waals surface area contributed by atoms with Crippen molar-refractivity contribution in [2.24, 2.45) is 0 Å². The van der Waals surface area contributed by atoms with E-state index in [0.717, 1.165) is 10.5 Å². The average Bonchev–Trinajstić information content (AvgIpc) is 3.12. The van der Waals surface area contributed by atoms with Crippen molar-refractivity contribution in [1.29, 1.82) is 0 Å². The lowest BCUT2D eigenvalue weighted by molar-refractivity contribution is 0.805. The van der Waals surface area contributed by atoms with Gasteiger partial charge >= 0.3 is 0 Å². The largest absolute Gasteiger partial charge is 0.382 e. The molecule has 0 aliphatic carbocycles. The fourth-order valence-electron chi connectivity index (χ4n) is 3.22. The van der Waals surface area contributed by atoms with Gasteiger partial charge in [-0.2, -0.15) is 0 Å². The number of hydrogen-bond acceptors (Lipinski definition) is 5. The molecule has 0 fully saturated rings. The Morgan fingerprint density at radius 1 is 0.857 bits per heavy atom. The summed E-state index contributed by atoms with van der Waals surface area (Å²) >= 11 is 1.51. The normalized spacial score (nSPS) is 11.3. The Bertz CT molecular complexity index is 1280. The number of nitrogens with zero attached hydrogens (tertiary/aromatic N) is 4. The first-order chi connectivity index (χ1) is 13.8. The second-order valence-corrected chi connectivity index (χ2v) is 7.57. The highest BCUT2D eigenvalue weighted by Crippen LogP contribution is 2.30. The van der Waals surface area contributed by atoms with Gasteiger partial charge in [-0.15, -0.1) is 0 Å². The van der Waals surface area contributed by atoms with Gasteiger partial charge in [-0.05, 0) is 40.2 Å². The molecule has 0 saturated carbocycles. The average molecular weight is 383 g/mol. The zero-order valence-corrected chi connectivity index (χ0v) is 15.8. The van der Waals surface area contributed by atoms with Gasteiger partial charge in [0.15, 0.2) is 16.6 Å². The molecule has 0 aliphatic heterocycles. The highest BCUT2D eigenvalue weighted by Gasteiger charge is 2.13. The summed E-state index contributed by atoms with van der Waals surface area (Å²) in [6, 6.07) is 24.9. The predicted molar refractivity (Wildman–Crippen MR) is 113 cm³/mol. The van der Waals surface area contributed by atoms with E-state index in [1.54, 1.807) is 6.33 Å². The van der Waals surface area contributed by atoms with Gasteiger partial charge in [-0.3, -0.25) is 0 Å². The van der Waals surface area contributed by atoms with Crippen molar-refractivity contribution in [3.63, 3.8) is 0 Å². The maximum Gasteiger partial charge on any atom is 0.196 e. The molecule has 0 amide bonds. The molecule has 136 valence electrons. The predicted octanol–water partition coefficient (Wildman–Crippen LogP) is 4.76. The molecule has 0 aliphatic rings. The molecule has 0 atom stereocenters. The van der Waals surface area contributed by atoms with Gasteiger partial charge in [-0.25, -0.2) is 15.0 Å². The number of aromatic nitrogens is 4. The van der Waals surface area contributed by atoms with Gasteiger partial charge in [0.25, 0.3) is 0 Å². The Morgan fingerprint density at radius 3 is 2.50 bits per heavy atom. The highest BCUT2D eigenvalue weighted by atomic mass is 32.2. The summed E-state index contributed by atoms with van der Waals surface area (Å²) in [7, 11) is 0. The quantitative estimate of drug-likeness (QED) is 0.453. The summed E-state index contributed by atoms with van der Waals surface area (Å²) in [5.74, 6) is 0.403. The molecule has 0 bridgehead atoms. The third-order valence-corrected chi connectivity index (χ3v) is 5.45. The minimum atomic E-state index is 0.403. The van der Waals surface area contributed by atoms with E-state index in [1.807, 2.05) is 34.9 Å². The number of benzene rings is 3. The van der Waals surface area contributed by atoms with Gasteiger partial charge in [0.05, 0.1) is 12.9 Å². The van der Waals surface area contributed by atoms with Gasteiger partial charge in [0.2, 0.25) is 0 Å². The second kappa shape index (κ2) is 6.98. The van der Waals surface area contributed by atoms with E-state index in [2.05, 4.69) is 52.4 Å². The third kappa shape index (κ3) is 3.18. The molecule has 2 N–H and O–H groups in total. The number of hydrogen-bond donors (Lipinski definition) is 1. The summed E-state index contributed by atoms with van der Waals surface area (Å²) in [6.07, 6.45) is 1.77. The van der Waals surface area contributed by atoms with Crippen molar-refractivity contribution in [2.75, 3.05) is 5.73 Å². The van der Waals surface area contributed by atoms with Gasteiger partial charge in [0, 0.05) is 4.90 Å². The molecule has 0 saturated heterocycles. The van der Waals surface area contributed by atoms with Crippen LogP contribution in [0.1, 0.15) is 5.56 Å². The number of nitrogen functional groups attached to an aromatic ring is 1. The van der Waals surface area contributed by atoms with E-state index in [-0.39, 0.29) is 0 Å². The Hall–Kier alpha value is -3.38. The maximum absolute atomic E-state index is 6.17. The maximum atomic E-state index is 6.17. The molecular formula is C22H17N5S. The lowest BCUT2D eigenvalue weighted by atomic mass is 10.1. The van der Waals surface area contributed by atoms with E-state index >= 15 is 0 Å². The summed E-state index contributed by atoms with van der Waals surface area (Å²) in [4.78, 5) is 14.7. The van der Waals surface area contributed by atoms with Crippen molar-refractivity contribution in [3.8, 4) is 0 Å². The van der Waals surface area contributed by atoms with E-state index in [0.29, 0.717) is 23.0 Å². The Balaban J connectivity index is 1.51. The first-order valence-corrected chi connectivity index (χ1v) is 9.77. The van der Waals surface area contributed by atoms with Crippen molar-refractivity contribution < 1.29 is 0 Å². The SMILES string of the molecule is Nc1nc(Sc2ccc3ccccc3c2)nc2c1ncn2Cc1ccccc1. The first-order valence-electron chi connectivity index (χ1n) is 8.95. The molecule has 2 heterocycles. The number of anilines is 1. The topological polar surface area (TPSA) is 69.6 Å². The zero-order chi connectivity index (χ0) is 18.9. The van der Waals surface area contributed by atoms with E-state index < -0.39 is 0 Å². The second-order valence-electron chi connectivity index (χ2n) is 6.53. The molecule has 6 heteroatoms. The van der Waals surface area contributed by atoms with Crippen LogP contribution in [0.5, 0.6) is 0 Å². The highest BCUT2D eigenvalue weighted by molar-refractivity contribution is 7.99. The molecule has 28 heavy (non-hydrogen) atoms. The van der Waals surface area contributed by atoms with Crippen LogP contribution in [0.3, 0.4) is 0 Å². The number of fused-ring (bicyclic) bond motifs is 2. The number of imidazole rings is 1. The standard InChI is InChI=1S/C22H17N5S/c23-20-19-21(27(14-24-19)13-15-6-2-1-3-7-15)26-22(25-20)28-18-11-10-16-8-4-5-9-17(16)12-18/h1-12,14H,13H2,(H2,23,25,26). The van der Waals surface area contributed by atoms with Gasteiger partial charge < -0.3 is 10.3 Å². The monoisotopic (exact) mass is 383 g/mol. The smallest absolute Gasteiger partial charge is 0.196 e. The Labute approximate surface area is 166 Å². The fraction of sp³-hybridized carbons (Fsp3) is 0.0455. The van der Waals surface area contributed by atoms with Crippen LogP contribution in [0, 0.1) is 0 Å². The first kappa shape index (κ1) is 16.8. The molecule has 5 nitrogen and oxygen atoms in total. The van der Waals surface area contributed by atoms with Crippen LogP contribution in [0.2, 0.25) is 0 Å². The summed E-state index contributed by atoms with van der Waals surface area (Å²) in [6.45, 7) is 0.688.